The SMILES string of the molecule is CC1(C)OCC(C/C=C/CCCC(=O)O)C(c2ccccc2)O1. The van der Waals surface area contributed by atoms with Crippen LogP contribution in [0.5, 0.6) is 0 Å². The zero-order valence-corrected chi connectivity index (χ0v) is 13.9. The molecular formula is C19H26O4. The Labute approximate surface area is 138 Å². The van der Waals surface area contributed by atoms with Gasteiger partial charge >= 0.3 is 5.97 Å². The molecule has 2 rings (SSSR count). The number of carboxylic acid groups (broad SMARTS) is 1. The van der Waals surface area contributed by atoms with Gasteiger partial charge in [-0.15, -0.1) is 0 Å². The van der Waals surface area contributed by atoms with Crippen LogP contribution in [0.2, 0.25) is 0 Å². The number of rotatable bonds is 7. The topological polar surface area (TPSA) is 55.8 Å². The number of aliphatic carboxylic acids is 1. The maximum Gasteiger partial charge on any atom is 0.303 e. The van der Waals surface area contributed by atoms with Crippen LogP contribution in [0.4, 0.5) is 0 Å². The third kappa shape index (κ3) is 5.81. The molecular weight excluding hydrogens is 292 g/mol. The fourth-order valence-electron chi connectivity index (χ4n) is 2.77. The van der Waals surface area contributed by atoms with Gasteiger partial charge in [0.25, 0.3) is 0 Å². The van der Waals surface area contributed by atoms with Crippen molar-refractivity contribution in [2.45, 2.75) is 51.4 Å². The van der Waals surface area contributed by atoms with E-state index in [4.69, 9.17) is 14.6 Å². The van der Waals surface area contributed by atoms with E-state index >= 15 is 0 Å². The number of ether oxygens (including phenoxy) is 2. The summed E-state index contributed by atoms with van der Waals surface area (Å²) in [6.07, 6.45) is 6.76. The number of hydrogen-bond acceptors (Lipinski definition) is 3. The molecule has 0 bridgehead atoms. The predicted octanol–water partition coefficient (Wildman–Crippen LogP) is 4.33. The zero-order valence-electron chi connectivity index (χ0n) is 13.9. The van der Waals surface area contributed by atoms with Crippen LogP contribution >= 0.6 is 0 Å². The third-order valence-corrected chi connectivity index (χ3v) is 3.98. The summed E-state index contributed by atoms with van der Waals surface area (Å²) in [5.41, 5.74) is 1.17. The molecule has 1 heterocycles. The Hall–Kier alpha value is -1.65. The average molecular weight is 318 g/mol. The molecule has 126 valence electrons. The van der Waals surface area contributed by atoms with Gasteiger partial charge in [0.1, 0.15) is 0 Å². The summed E-state index contributed by atoms with van der Waals surface area (Å²) in [5, 5.41) is 8.63. The van der Waals surface area contributed by atoms with Crippen LogP contribution < -0.4 is 0 Å². The predicted molar refractivity (Wildman–Crippen MR) is 89.0 cm³/mol. The lowest BCUT2D eigenvalue weighted by Crippen LogP contribution is -2.41. The number of carbonyl (C=O) groups is 1. The second-order valence-corrected chi connectivity index (χ2v) is 6.41. The van der Waals surface area contributed by atoms with E-state index < -0.39 is 11.8 Å². The second-order valence-electron chi connectivity index (χ2n) is 6.41. The van der Waals surface area contributed by atoms with Crippen LogP contribution in [0.1, 0.15) is 51.2 Å². The summed E-state index contributed by atoms with van der Waals surface area (Å²) in [6, 6.07) is 10.2. The van der Waals surface area contributed by atoms with E-state index in [0.717, 1.165) is 12.8 Å². The first-order valence-electron chi connectivity index (χ1n) is 8.21. The lowest BCUT2D eigenvalue weighted by Gasteiger charge is -2.41. The summed E-state index contributed by atoms with van der Waals surface area (Å²) in [6.45, 7) is 4.55. The van der Waals surface area contributed by atoms with Gasteiger partial charge in [0.2, 0.25) is 0 Å². The molecule has 23 heavy (non-hydrogen) atoms. The molecule has 0 aliphatic carbocycles. The van der Waals surface area contributed by atoms with E-state index in [-0.39, 0.29) is 18.4 Å². The van der Waals surface area contributed by atoms with Crippen LogP contribution in [-0.2, 0) is 14.3 Å². The van der Waals surface area contributed by atoms with Gasteiger partial charge < -0.3 is 14.6 Å². The van der Waals surface area contributed by atoms with Crippen LogP contribution in [0, 0.1) is 5.92 Å². The molecule has 4 nitrogen and oxygen atoms in total. The van der Waals surface area contributed by atoms with E-state index in [1.54, 1.807) is 0 Å². The molecule has 0 radical (unpaired) electrons. The first kappa shape index (κ1) is 17.7. The summed E-state index contributed by atoms with van der Waals surface area (Å²) >= 11 is 0. The van der Waals surface area contributed by atoms with Crippen LogP contribution in [0.3, 0.4) is 0 Å². The average Bonchev–Trinajstić information content (AvgIpc) is 2.52. The molecule has 1 N–H and O–H groups in total. The minimum absolute atomic E-state index is 0.0172. The molecule has 1 aliphatic rings. The highest BCUT2D eigenvalue weighted by atomic mass is 16.7. The highest BCUT2D eigenvalue weighted by Gasteiger charge is 2.36. The van der Waals surface area contributed by atoms with Crippen LogP contribution in [-0.4, -0.2) is 23.5 Å². The normalized spacial score (nSPS) is 23.9. The molecule has 2 atom stereocenters. The Balaban J connectivity index is 1.93. The Morgan fingerprint density at radius 2 is 2.04 bits per heavy atom. The van der Waals surface area contributed by atoms with Gasteiger partial charge in [0.05, 0.1) is 12.7 Å². The molecule has 1 saturated heterocycles. The Bertz CT molecular complexity index is 521. The van der Waals surface area contributed by atoms with Gasteiger partial charge in [0.15, 0.2) is 5.79 Å². The summed E-state index contributed by atoms with van der Waals surface area (Å²) in [5.74, 6) is -1.04. The van der Waals surface area contributed by atoms with Crippen molar-refractivity contribution < 1.29 is 19.4 Å². The maximum absolute atomic E-state index is 10.5. The lowest BCUT2D eigenvalue weighted by molar-refractivity contribution is -0.295. The molecule has 0 amide bonds. The van der Waals surface area contributed by atoms with Crippen molar-refractivity contribution in [3.8, 4) is 0 Å². The minimum Gasteiger partial charge on any atom is -0.481 e. The van der Waals surface area contributed by atoms with Crippen molar-refractivity contribution in [3.05, 3.63) is 48.0 Å². The Morgan fingerprint density at radius 3 is 2.74 bits per heavy atom. The standard InChI is InChI=1S/C19H26O4/c1-19(2)22-14-16(12-6-3-4-9-13-17(20)21)18(23-19)15-10-7-5-8-11-15/h3,5-8,10-11,16,18H,4,9,12-14H2,1-2H3,(H,20,21)/b6-3+. The Morgan fingerprint density at radius 1 is 1.30 bits per heavy atom. The Kier molecular flexibility index (Phi) is 6.37. The second kappa shape index (κ2) is 8.27. The van der Waals surface area contributed by atoms with Gasteiger partial charge in [-0.3, -0.25) is 4.79 Å². The first-order chi connectivity index (χ1) is 11.0. The number of unbranched alkanes of at least 4 members (excludes halogenated alkanes) is 1. The van der Waals surface area contributed by atoms with Crippen molar-refractivity contribution >= 4 is 5.97 Å². The van der Waals surface area contributed by atoms with Gasteiger partial charge in [0, 0.05) is 12.3 Å². The number of allylic oxidation sites excluding steroid dienone is 2. The van der Waals surface area contributed by atoms with Gasteiger partial charge in [-0.25, -0.2) is 0 Å². The van der Waals surface area contributed by atoms with E-state index in [9.17, 15) is 4.79 Å². The first-order valence-corrected chi connectivity index (χ1v) is 8.21. The van der Waals surface area contributed by atoms with Crippen molar-refractivity contribution in [2.75, 3.05) is 6.61 Å². The molecule has 0 saturated carbocycles. The van der Waals surface area contributed by atoms with E-state index in [2.05, 4.69) is 24.3 Å². The monoisotopic (exact) mass is 318 g/mol. The number of benzene rings is 1. The van der Waals surface area contributed by atoms with Crippen molar-refractivity contribution in [1.82, 2.24) is 0 Å². The van der Waals surface area contributed by atoms with Gasteiger partial charge in [-0.05, 0) is 38.7 Å². The fourth-order valence-corrected chi connectivity index (χ4v) is 2.77. The molecule has 1 aliphatic heterocycles. The van der Waals surface area contributed by atoms with Gasteiger partial charge in [-0.2, -0.15) is 0 Å². The molecule has 0 aromatic heterocycles. The summed E-state index contributed by atoms with van der Waals surface area (Å²) in [4.78, 5) is 10.5. The quantitative estimate of drug-likeness (QED) is 0.600. The molecule has 2 unspecified atom stereocenters. The summed E-state index contributed by atoms with van der Waals surface area (Å²) in [7, 11) is 0. The highest BCUT2D eigenvalue weighted by Crippen LogP contribution is 2.38. The lowest BCUT2D eigenvalue weighted by atomic mass is 9.91. The highest BCUT2D eigenvalue weighted by molar-refractivity contribution is 5.66. The number of carboxylic acids is 1. The third-order valence-electron chi connectivity index (χ3n) is 3.98. The number of hydrogen-bond donors (Lipinski definition) is 1. The molecule has 1 fully saturated rings. The van der Waals surface area contributed by atoms with Gasteiger partial charge in [-0.1, -0.05) is 42.5 Å². The summed E-state index contributed by atoms with van der Waals surface area (Å²) < 4.78 is 12.0. The molecule has 1 aromatic rings. The largest absolute Gasteiger partial charge is 0.481 e. The van der Waals surface area contributed by atoms with E-state index in [0.29, 0.717) is 13.0 Å². The van der Waals surface area contributed by atoms with Crippen molar-refractivity contribution in [3.63, 3.8) is 0 Å². The maximum atomic E-state index is 10.5. The smallest absolute Gasteiger partial charge is 0.303 e. The van der Waals surface area contributed by atoms with Crippen LogP contribution in [0.25, 0.3) is 0 Å². The molecule has 0 spiro atoms. The zero-order chi connectivity index (χ0) is 16.7. The molecule has 1 aromatic carbocycles. The van der Waals surface area contributed by atoms with E-state index in [1.165, 1.54) is 5.56 Å². The van der Waals surface area contributed by atoms with Crippen LogP contribution in [0.15, 0.2) is 42.5 Å². The van der Waals surface area contributed by atoms with Crippen molar-refractivity contribution in [1.29, 1.82) is 0 Å². The van der Waals surface area contributed by atoms with E-state index in [1.807, 2.05) is 32.0 Å². The molecule has 4 heteroatoms. The minimum atomic E-state index is -0.737. The van der Waals surface area contributed by atoms with Crippen molar-refractivity contribution in [2.24, 2.45) is 5.92 Å². The fraction of sp³-hybridized carbons (Fsp3) is 0.526.